The van der Waals surface area contributed by atoms with Crippen LogP contribution in [0.15, 0.2) is 18.2 Å². The van der Waals surface area contributed by atoms with Crippen molar-refractivity contribution in [3.8, 4) is 0 Å². The molecule has 1 amide bonds. The summed E-state index contributed by atoms with van der Waals surface area (Å²) in [6.45, 7) is 1.33. The first-order valence-electron chi connectivity index (χ1n) is 6.08. The molecule has 0 radical (unpaired) electrons. The summed E-state index contributed by atoms with van der Waals surface area (Å²) < 4.78 is 5.45. The molecule has 1 fully saturated rings. The Balaban J connectivity index is 1.98. The lowest BCUT2D eigenvalue weighted by Gasteiger charge is -2.12. The van der Waals surface area contributed by atoms with E-state index in [4.69, 9.17) is 16.3 Å². The topological polar surface area (TPSA) is 50.4 Å². The second-order valence-corrected chi connectivity index (χ2v) is 4.70. The van der Waals surface area contributed by atoms with Crippen molar-refractivity contribution in [2.24, 2.45) is 0 Å². The van der Waals surface area contributed by atoms with Crippen LogP contribution in [0.25, 0.3) is 0 Å². The summed E-state index contributed by atoms with van der Waals surface area (Å²) >= 11 is 6.02. The lowest BCUT2D eigenvalue weighted by atomic mass is 10.1. The van der Waals surface area contributed by atoms with Crippen LogP contribution in [0.3, 0.4) is 0 Å². The lowest BCUT2D eigenvalue weighted by Crippen LogP contribution is -2.31. The average Bonchev–Trinajstić information content (AvgIpc) is 2.89. The van der Waals surface area contributed by atoms with Gasteiger partial charge in [-0.1, -0.05) is 11.6 Å². The Kier molecular flexibility index (Phi) is 4.44. The van der Waals surface area contributed by atoms with Gasteiger partial charge in [0, 0.05) is 25.9 Å². The second kappa shape index (κ2) is 6.07. The largest absolute Gasteiger partial charge is 0.388 e. The van der Waals surface area contributed by atoms with E-state index in [2.05, 4.69) is 10.6 Å². The van der Waals surface area contributed by atoms with E-state index in [9.17, 15) is 4.79 Å². The van der Waals surface area contributed by atoms with E-state index in [0.717, 1.165) is 25.1 Å². The third-order valence-corrected chi connectivity index (χ3v) is 3.34. The van der Waals surface area contributed by atoms with Crippen molar-refractivity contribution in [3.63, 3.8) is 0 Å². The molecule has 1 atom stereocenters. The van der Waals surface area contributed by atoms with Gasteiger partial charge in [-0.05, 0) is 31.0 Å². The molecule has 4 nitrogen and oxygen atoms in total. The number of anilines is 1. The molecule has 0 spiro atoms. The minimum absolute atomic E-state index is 0.139. The number of carbonyl (C=O) groups excluding carboxylic acids is 1. The van der Waals surface area contributed by atoms with Crippen molar-refractivity contribution in [1.29, 1.82) is 0 Å². The first-order chi connectivity index (χ1) is 8.70. The number of halogens is 1. The number of benzene rings is 1. The van der Waals surface area contributed by atoms with Crippen molar-refractivity contribution in [1.82, 2.24) is 5.32 Å². The number of hydrogen-bond acceptors (Lipinski definition) is 3. The van der Waals surface area contributed by atoms with Crippen LogP contribution < -0.4 is 10.6 Å². The fraction of sp³-hybridized carbons (Fsp3) is 0.462. The van der Waals surface area contributed by atoms with Gasteiger partial charge in [0.15, 0.2) is 0 Å². The number of hydrogen-bond donors (Lipinski definition) is 2. The first-order valence-corrected chi connectivity index (χ1v) is 6.45. The third-order valence-electron chi connectivity index (χ3n) is 3.01. The van der Waals surface area contributed by atoms with Crippen molar-refractivity contribution < 1.29 is 9.53 Å². The maximum atomic E-state index is 12.0. The summed E-state index contributed by atoms with van der Waals surface area (Å²) in [5.41, 5.74) is 1.35. The Hall–Kier alpha value is -1.26. The normalized spacial score (nSPS) is 18.7. The van der Waals surface area contributed by atoms with Gasteiger partial charge in [-0.25, -0.2) is 0 Å². The zero-order valence-corrected chi connectivity index (χ0v) is 11.1. The van der Waals surface area contributed by atoms with E-state index in [1.54, 1.807) is 19.2 Å². The molecule has 0 unspecified atom stereocenters. The van der Waals surface area contributed by atoms with Crippen LogP contribution in [0.2, 0.25) is 5.02 Å². The summed E-state index contributed by atoms with van der Waals surface area (Å²) in [5.74, 6) is -0.160. The molecule has 1 aliphatic rings. The first kappa shape index (κ1) is 13.2. The Morgan fingerprint density at radius 2 is 2.39 bits per heavy atom. The molecule has 0 saturated carbocycles. The summed E-state index contributed by atoms with van der Waals surface area (Å²) in [4.78, 5) is 12.0. The van der Waals surface area contributed by atoms with E-state index in [1.807, 2.05) is 6.07 Å². The van der Waals surface area contributed by atoms with E-state index in [-0.39, 0.29) is 12.0 Å². The maximum Gasteiger partial charge on any atom is 0.252 e. The highest BCUT2D eigenvalue weighted by Crippen LogP contribution is 2.20. The third kappa shape index (κ3) is 3.15. The van der Waals surface area contributed by atoms with Gasteiger partial charge in [-0.3, -0.25) is 4.79 Å². The van der Waals surface area contributed by atoms with Gasteiger partial charge >= 0.3 is 0 Å². The number of ether oxygens (including phenoxy) is 1. The van der Waals surface area contributed by atoms with Crippen molar-refractivity contribution in [2.75, 3.05) is 25.5 Å². The van der Waals surface area contributed by atoms with Crippen LogP contribution in [0.1, 0.15) is 23.2 Å². The van der Waals surface area contributed by atoms with E-state index in [0.29, 0.717) is 17.1 Å². The number of amides is 1. The highest BCUT2D eigenvalue weighted by atomic mass is 35.5. The van der Waals surface area contributed by atoms with Gasteiger partial charge in [0.2, 0.25) is 0 Å². The van der Waals surface area contributed by atoms with Gasteiger partial charge in [-0.15, -0.1) is 0 Å². The molecule has 5 heteroatoms. The zero-order chi connectivity index (χ0) is 13.0. The molecular formula is C13H17ClN2O2. The molecule has 2 rings (SSSR count). The molecule has 0 bridgehead atoms. The van der Waals surface area contributed by atoms with E-state index >= 15 is 0 Å². The Labute approximate surface area is 112 Å². The Morgan fingerprint density at radius 3 is 3.06 bits per heavy atom. The monoisotopic (exact) mass is 268 g/mol. The SMILES string of the molecule is CNc1ccc(Cl)c(C(=O)NC[C@H]2CCCO2)c1. The Morgan fingerprint density at radius 1 is 1.56 bits per heavy atom. The lowest BCUT2D eigenvalue weighted by molar-refractivity contribution is 0.0858. The van der Waals surface area contributed by atoms with Crippen molar-refractivity contribution >= 4 is 23.2 Å². The second-order valence-electron chi connectivity index (χ2n) is 4.29. The van der Waals surface area contributed by atoms with Gasteiger partial charge in [0.05, 0.1) is 16.7 Å². The number of rotatable bonds is 4. The highest BCUT2D eigenvalue weighted by molar-refractivity contribution is 6.34. The maximum absolute atomic E-state index is 12.0. The molecule has 2 N–H and O–H groups in total. The fourth-order valence-electron chi connectivity index (χ4n) is 1.96. The van der Waals surface area contributed by atoms with Crippen LogP contribution in [0.5, 0.6) is 0 Å². The predicted molar refractivity (Wildman–Crippen MR) is 72.3 cm³/mol. The molecular weight excluding hydrogens is 252 g/mol. The van der Waals surface area contributed by atoms with Gasteiger partial charge < -0.3 is 15.4 Å². The minimum Gasteiger partial charge on any atom is -0.388 e. The zero-order valence-electron chi connectivity index (χ0n) is 10.3. The Bertz CT molecular complexity index is 431. The number of carbonyl (C=O) groups is 1. The van der Waals surface area contributed by atoms with Crippen molar-refractivity contribution in [2.45, 2.75) is 18.9 Å². The standard InChI is InChI=1S/C13H17ClN2O2/c1-15-9-4-5-12(14)11(7-9)13(17)16-8-10-3-2-6-18-10/h4-5,7,10,15H,2-3,6,8H2,1H3,(H,16,17)/t10-/m1/s1. The van der Waals surface area contributed by atoms with Crippen LogP contribution in [0, 0.1) is 0 Å². The summed E-state index contributed by atoms with van der Waals surface area (Å²) in [5, 5.41) is 6.30. The smallest absolute Gasteiger partial charge is 0.252 e. The molecule has 1 saturated heterocycles. The highest BCUT2D eigenvalue weighted by Gasteiger charge is 2.17. The molecule has 98 valence electrons. The molecule has 1 aliphatic heterocycles. The van der Waals surface area contributed by atoms with Crippen LogP contribution in [-0.4, -0.2) is 32.2 Å². The van der Waals surface area contributed by atoms with Crippen LogP contribution in [0.4, 0.5) is 5.69 Å². The van der Waals surface area contributed by atoms with Gasteiger partial charge in [0.1, 0.15) is 0 Å². The molecule has 0 aromatic heterocycles. The average molecular weight is 269 g/mol. The summed E-state index contributed by atoms with van der Waals surface area (Å²) in [6.07, 6.45) is 2.21. The minimum atomic E-state index is -0.160. The quantitative estimate of drug-likeness (QED) is 0.881. The van der Waals surface area contributed by atoms with Gasteiger partial charge in [-0.2, -0.15) is 0 Å². The van der Waals surface area contributed by atoms with E-state index < -0.39 is 0 Å². The number of nitrogens with one attached hydrogen (secondary N) is 2. The van der Waals surface area contributed by atoms with Gasteiger partial charge in [0.25, 0.3) is 5.91 Å². The summed E-state index contributed by atoms with van der Waals surface area (Å²) in [6, 6.07) is 5.29. The van der Waals surface area contributed by atoms with Crippen molar-refractivity contribution in [3.05, 3.63) is 28.8 Å². The molecule has 1 heterocycles. The predicted octanol–water partition coefficient (Wildman–Crippen LogP) is 2.29. The van der Waals surface area contributed by atoms with E-state index in [1.165, 1.54) is 0 Å². The molecule has 1 aromatic rings. The summed E-state index contributed by atoms with van der Waals surface area (Å²) in [7, 11) is 1.80. The van der Waals surface area contributed by atoms with Crippen LogP contribution in [-0.2, 0) is 4.74 Å². The molecule has 18 heavy (non-hydrogen) atoms. The molecule has 0 aliphatic carbocycles. The fourth-order valence-corrected chi connectivity index (χ4v) is 2.17. The molecule has 1 aromatic carbocycles. The van der Waals surface area contributed by atoms with Crippen LogP contribution >= 0.6 is 11.6 Å².